The maximum Gasteiger partial charge on any atom is 0.422 e. The molecule has 0 saturated carbocycles. The van der Waals surface area contributed by atoms with E-state index in [1.54, 1.807) is 13.0 Å². The average molecular weight is 387 g/mol. The number of hydrogen-bond acceptors (Lipinski definition) is 4. The van der Waals surface area contributed by atoms with E-state index in [2.05, 4.69) is 15.0 Å². The number of hydrogen-bond donors (Lipinski definition) is 1. The molecule has 0 aliphatic heterocycles. The van der Waals surface area contributed by atoms with Crippen LogP contribution in [0.5, 0.6) is 5.75 Å². The van der Waals surface area contributed by atoms with Crippen molar-refractivity contribution >= 4 is 21.8 Å². The number of para-hydroxylation sites is 2. The van der Waals surface area contributed by atoms with Crippen molar-refractivity contribution in [3.63, 3.8) is 0 Å². The van der Waals surface area contributed by atoms with E-state index in [1.165, 1.54) is 12.3 Å². The summed E-state index contributed by atoms with van der Waals surface area (Å²) in [5, 5.41) is 0.295. The lowest BCUT2D eigenvalue weighted by Gasteiger charge is -2.13. The molecule has 0 spiro atoms. The van der Waals surface area contributed by atoms with E-state index >= 15 is 0 Å². The number of ether oxygens (including phenoxy) is 1. The Labute approximate surface area is 149 Å². The highest BCUT2D eigenvalue weighted by molar-refractivity contribution is 7.84. The van der Waals surface area contributed by atoms with Gasteiger partial charge in [0.25, 0.3) is 0 Å². The summed E-state index contributed by atoms with van der Waals surface area (Å²) >= 11 is 0. The fourth-order valence-electron chi connectivity index (χ4n) is 2.25. The topological polar surface area (TPSA) is 99.4 Å². The predicted octanol–water partition coefficient (Wildman–Crippen LogP) is 2.69. The van der Waals surface area contributed by atoms with Gasteiger partial charge in [0.2, 0.25) is 0 Å². The molecule has 140 valence electrons. The van der Waals surface area contributed by atoms with Gasteiger partial charge in [0, 0.05) is 11.8 Å². The molecule has 0 aliphatic rings. The van der Waals surface area contributed by atoms with Gasteiger partial charge in [0.15, 0.2) is 11.8 Å². The fraction of sp³-hybridized carbons (Fsp3) is 0.250. The largest absolute Gasteiger partial charge is 0.484 e. The molecule has 0 radical (unpaired) electrons. The molecule has 0 amide bonds. The van der Waals surface area contributed by atoms with Gasteiger partial charge in [-0.15, -0.1) is 0 Å². The average Bonchev–Trinajstić information content (AvgIpc) is 2.99. The molecule has 3 rings (SSSR count). The molecule has 10 heteroatoms. The van der Waals surface area contributed by atoms with Crippen molar-refractivity contribution in [3.8, 4) is 5.75 Å². The highest BCUT2D eigenvalue weighted by Gasteiger charge is 2.29. The zero-order valence-electron chi connectivity index (χ0n) is 13.6. The molecule has 6 nitrogen and oxygen atoms in total. The first-order chi connectivity index (χ1) is 11.8. The van der Waals surface area contributed by atoms with E-state index in [1.807, 2.05) is 18.2 Å². The van der Waals surface area contributed by atoms with E-state index < -0.39 is 23.6 Å². The first kappa shape index (κ1) is 19.9. The van der Waals surface area contributed by atoms with Crippen LogP contribution in [0.1, 0.15) is 11.3 Å². The Morgan fingerprint density at radius 2 is 1.96 bits per heavy atom. The second-order valence-electron chi connectivity index (χ2n) is 5.33. The van der Waals surface area contributed by atoms with Crippen molar-refractivity contribution in [1.82, 2.24) is 15.0 Å². The van der Waals surface area contributed by atoms with Crippen molar-refractivity contribution in [1.29, 1.82) is 0 Å². The number of aromatic nitrogens is 3. The normalized spacial score (nSPS) is 12.6. The summed E-state index contributed by atoms with van der Waals surface area (Å²) in [5.74, 6) is 0.0958. The number of nitrogens with zero attached hydrogens (tertiary/aromatic N) is 2. The first-order valence-corrected chi connectivity index (χ1v) is 8.62. The number of imidazole rings is 1. The third-order valence-corrected chi connectivity index (χ3v) is 4.66. The molecule has 0 bridgehead atoms. The van der Waals surface area contributed by atoms with Crippen LogP contribution in [-0.2, 0) is 16.6 Å². The van der Waals surface area contributed by atoms with Gasteiger partial charge in [-0.05, 0) is 25.1 Å². The fourth-order valence-corrected chi connectivity index (χ4v) is 3.35. The number of pyridine rings is 1. The second kappa shape index (κ2) is 7.83. The summed E-state index contributed by atoms with van der Waals surface area (Å²) in [6, 6.07) is 8.62. The number of fused-ring (bicyclic) bond motifs is 1. The molecule has 2 heterocycles. The van der Waals surface area contributed by atoms with Crippen LogP contribution in [0.25, 0.3) is 11.0 Å². The minimum Gasteiger partial charge on any atom is -0.484 e. The van der Waals surface area contributed by atoms with Gasteiger partial charge in [0.05, 0.1) is 33.3 Å². The number of halogens is 3. The van der Waals surface area contributed by atoms with Crippen LogP contribution in [0.3, 0.4) is 0 Å². The van der Waals surface area contributed by atoms with Crippen LogP contribution in [0, 0.1) is 6.92 Å². The molecule has 1 unspecified atom stereocenters. The van der Waals surface area contributed by atoms with Gasteiger partial charge in [-0.2, -0.15) is 13.2 Å². The van der Waals surface area contributed by atoms with Crippen LogP contribution in [0.4, 0.5) is 13.2 Å². The van der Waals surface area contributed by atoms with Crippen LogP contribution >= 0.6 is 0 Å². The Morgan fingerprint density at radius 1 is 1.23 bits per heavy atom. The Balaban J connectivity index is 0.00000243. The molecule has 0 aliphatic carbocycles. The molecule has 26 heavy (non-hydrogen) atoms. The van der Waals surface area contributed by atoms with Crippen LogP contribution in [0.2, 0.25) is 0 Å². The van der Waals surface area contributed by atoms with Crippen LogP contribution < -0.4 is 4.74 Å². The van der Waals surface area contributed by atoms with E-state index in [4.69, 9.17) is 4.74 Å². The van der Waals surface area contributed by atoms with Crippen molar-refractivity contribution in [3.05, 3.63) is 47.8 Å². The first-order valence-electron chi connectivity index (χ1n) is 7.30. The van der Waals surface area contributed by atoms with E-state index in [0.29, 0.717) is 21.9 Å². The highest BCUT2D eigenvalue weighted by atomic mass is 32.2. The maximum atomic E-state index is 12.5. The quantitative estimate of drug-likeness (QED) is 0.727. The third-order valence-electron chi connectivity index (χ3n) is 3.50. The van der Waals surface area contributed by atoms with E-state index in [-0.39, 0.29) is 17.0 Å². The summed E-state index contributed by atoms with van der Waals surface area (Å²) in [6.07, 6.45) is -3.09. The second-order valence-corrected chi connectivity index (χ2v) is 6.70. The molecule has 1 aromatic carbocycles. The Bertz CT molecular complexity index is 895. The van der Waals surface area contributed by atoms with Crippen molar-refractivity contribution < 1.29 is 27.6 Å². The predicted molar refractivity (Wildman–Crippen MR) is 90.3 cm³/mol. The lowest BCUT2D eigenvalue weighted by atomic mass is 10.2. The van der Waals surface area contributed by atoms with E-state index in [9.17, 15) is 17.4 Å². The zero-order valence-corrected chi connectivity index (χ0v) is 14.4. The highest BCUT2D eigenvalue weighted by Crippen LogP contribution is 2.24. The maximum absolute atomic E-state index is 12.5. The third kappa shape index (κ3) is 4.58. The monoisotopic (exact) mass is 387 g/mol. The van der Waals surface area contributed by atoms with Crippen molar-refractivity contribution in [2.45, 2.75) is 24.0 Å². The summed E-state index contributed by atoms with van der Waals surface area (Å²) in [7, 11) is -1.51. The smallest absolute Gasteiger partial charge is 0.422 e. The minimum atomic E-state index is -4.42. The molecular formula is C16H16F3N3O3S. The lowest BCUT2D eigenvalue weighted by Crippen LogP contribution is -2.19. The van der Waals surface area contributed by atoms with Gasteiger partial charge in [0.1, 0.15) is 5.75 Å². The summed E-state index contributed by atoms with van der Waals surface area (Å²) in [6.45, 7) is 0.202. The number of rotatable bonds is 5. The standard InChI is InChI=1S/C16H14F3N3O2S.H2O/c1-10-13(20-7-6-14(10)24-9-16(17,18)19)8-25(23)15-21-11-4-2-3-5-12(11)22-15;/h2-7H,8-9H2,1H3,(H,21,22);1H2. The Morgan fingerprint density at radius 3 is 2.65 bits per heavy atom. The van der Waals surface area contributed by atoms with Crippen molar-refractivity contribution in [2.75, 3.05) is 6.61 Å². The van der Waals surface area contributed by atoms with Gasteiger partial charge in [-0.25, -0.2) is 4.98 Å². The minimum absolute atomic E-state index is 0. The summed E-state index contributed by atoms with van der Waals surface area (Å²) in [5.41, 5.74) is 2.28. The molecule has 0 saturated heterocycles. The van der Waals surface area contributed by atoms with Crippen LogP contribution in [0.15, 0.2) is 41.7 Å². The summed E-state index contributed by atoms with van der Waals surface area (Å²) in [4.78, 5) is 11.3. The number of aromatic amines is 1. The number of benzene rings is 1. The molecule has 2 aromatic heterocycles. The Hall–Kier alpha value is -2.46. The number of alkyl halides is 3. The molecule has 3 aromatic rings. The Kier molecular flexibility index (Phi) is 5.98. The number of nitrogens with one attached hydrogen (secondary N) is 1. The molecule has 3 N–H and O–H groups in total. The molecular weight excluding hydrogens is 371 g/mol. The van der Waals surface area contributed by atoms with Gasteiger partial charge in [-0.1, -0.05) is 12.1 Å². The van der Waals surface area contributed by atoms with Crippen LogP contribution in [-0.4, -0.2) is 37.4 Å². The van der Waals surface area contributed by atoms with Gasteiger partial charge >= 0.3 is 6.18 Å². The van der Waals surface area contributed by atoms with Gasteiger partial charge in [-0.3, -0.25) is 9.19 Å². The molecule has 0 fully saturated rings. The SMILES string of the molecule is Cc1c(OCC(F)(F)F)ccnc1CS(=O)c1nc2ccccc2[nH]1.O. The summed E-state index contributed by atoms with van der Waals surface area (Å²) < 4.78 is 54.2. The zero-order chi connectivity index (χ0) is 18.0. The number of H-pyrrole nitrogens is 1. The van der Waals surface area contributed by atoms with E-state index in [0.717, 1.165) is 5.52 Å². The van der Waals surface area contributed by atoms with Gasteiger partial charge < -0.3 is 15.2 Å². The lowest BCUT2D eigenvalue weighted by molar-refractivity contribution is -0.153. The molecule has 1 atom stereocenters. The van der Waals surface area contributed by atoms with Crippen molar-refractivity contribution in [2.24, 2.45) is 0 Å².